The average Bonchev–Trinajstić information content (AvgIpc) is 2.51. The van der Waals surface area contributed by atoms with Gasteiger partial charge in [0, 0.05) is 11.6 Å². The van der Waals surface area contributed by atoms with Crippen LogP contribution in [0.2, 0.25) is 0 Å². The Hall–Kier alpha value is -2.69. The molecule has 0 N–H and O–H groups in total. The maximum Gasteiger partial charge on any atom is 0.310 e. The highest BCUT2D eigenvalue weighted by Crippen LogP contribution is 2.18. The monoisotopic (exact) mass is 344 g/mol. The standard InChI is InChI=1S/C20H21FO4/c1-20(2,3)25-19(23)10-14-5-4-6-15(7-14)13-24-18-9-16(12-22)8-17(21)11-18/h4-9,11-12H,10,13H2,1-3H3. The van der Waals surface area contributed by atoms with Crippen LogP contribution in [0.5, 0.6) is 5.75 Å². The zero-order chi connectivity index (χ0) is 18.4. The SMILES string of the molecule is CC(C)(C)OC(=O)Cc1cccc(COc2cc(F)cc(C=O)c2)c1. The van der Waals surface area contributed by atoms with Crippen LogP contribution in [-0.2, 0) is 22.6 Å². The maximum absolute atomic E-state index is 13.4. The first kappa shape index (κ1) is 18.6. The van der Waals surface area contributed by atoms with Crippen molar-refractivity contribution < 1.29 is 23.5 Å². The molecule has 0 saturated carbocycles. The highest BCUT2D eigenvalue weighted by molar-refractivity contribution is 5.75. The molecule has 0 atom stereocenters. The first-order valence-electron chi connectivity index (χ1n) is 7.93. The van der Waals surface area contributed by atoms with Crippen LogP contribution in [0.1, 0.15) is 42.3 Å². The second kappa shape index (κ2) is 7.92. The lowest BCUT2D eigenvalue weighted by Crippen LogP contribution is -2.24. The Labute approximate surface area is 146 Å². The van der Waals surface area contributed by atoms with Gasteiger partial charge in [0.15, 0.2) is 0 Å². The molecule has 0 aliphatic heterocycles. The van der Waals surface area contributed by atoms with Gasteiger partial charge in [0.05, 0.1) is 6.42 Å². The van der Waals surface area contributed by atoms with Crippen molar-refractivity contribution in [1.82, 2.24) is 0 Å². The van der Waals surface area contributed by atoms with E-state index in [-0.39, 0.29) is 30.3 Å². The molecular weight excluding hydrogens is 323 g/mol. The number of carbonyl (C=O) groups excluding carboxylic acids is 2. The van der Waals surface area contributed by atoms with Gasteiger partial charge in [-0.15, -0.1) is 0 Å². The lowest BCUT2D eigenvalue weighted by Gasteiger charge is -2.19. The number of carbonyl (C=O) groups is 2. The lowest BCUT2D eigenvalue weighted by atomic mass is 10.1. The van der Waals surface area contributed by atoms with Crippen molar-refractivity contribution in [2.45, 2.75) is 39.4 Å². The highest BCUT2D eigenvalue weighted by atomic mass is 19.1. The number of esters is 1. The zero-order valence-corrected chi connectivity index (χ0v) is 14.5. The topological polar surface area (TPSA) is 52.6 Å². The van der Waals surface area contributed by atoms with Gasteiger partial charge in [-0.25, -0.2) is 4.39 Å². The van der Waals surface area contributed by atoms with Crippen LogP contribution in [0.15, 0.2) is 42.5 Å². The molecule has 0 fully saturated rings. The van der Waals surface area contributed by atoms with E-state index in [0.717, 1.165) is 17.2 Å². The molecule has 0 spiro atoms. The summed E-state index contributed by atoms with van der Waals surface area (Å²) in [6.07, 6.45) is 0.734. The summed E-state index contributed by atoms with van der Waals surface area (Å²) in [6.45, 7) is 5.66. The van der Waals surface area contributed by atoms with E-state index in [9.17, 15) is 14.0 Å². The predicted octanol–water partition coefficient (Wildman–Crippen LogP) is 4.10. The van der Waals surface area contributed by atoms with E-state index in [2.05, 4.69) is 0 Å². The average molecular weight is 344 g/mol. The van der Waals surface area contributed by atoms with E-state index in [4.69, 9.17) is 9.47 Å². The third kappa shape index (κ3) is 6.37. The smallest absolute Gasteiger partial charge is 0.310 e. The van der Waals surface area contributed by atoms with Crippen LogP contribution in [0.4, 0.5) is 4.39 Å². The molecule has 25 heavy (non-hydrogen) atoms. The van der Waals surface area contributed by atoms with E-state index in [1.165, 1.54) is 12.1 Å². The minimum atomic E-state index is -0.529. The molecule has 0 unspecified atom stereocenters. The first-order valence-corrected chi connectivity index (χ1v) is 7.93. The summed E-state index contributed by atoms with van der Waals surface area (Å²) in [6, 6.07) is 11.2. The van der Waals surface area contributed by atoms with Gasteiger partial charge in [0.2, 0.25) is 0 Å². The van der Waals surface area contributed by atoms with Crippen molar-refractivity contribution in [3.8, 4) is 5.75 Å². The lowest BCUT2D eigenvalue weighted by molar-refractivity contribution is -0.153. The second-order valence-corrected chi connectivity index (χ2v) is 6.71. The third-order valence-corrected chi connectivity index (χ3v) is 3.20. The molecule has 0 aliphatic rings. The molecule has 0 heterocycles. The van der Waals surface area contributed by atoms with E-state index < -0.39 is 11.4 Å². The van der Waals surface area contributed by atoms with Gasteiger partial charge in [-0.05, 0) is 44.0 Å². The fraction of sp³-hybridized carbons (Fsp3) is 0.300. The summed E-state index contributed by atoms with van der Waals surface area (Å²) < 4.78 is 24.2. The molecule has 132 valence electrons. The summed E-state index contributed by atoms with van der Waals surface area (Å²) >= 11 is 0. The van der Waals surface area contributed by atoms with Crippen molar-refractivity contribution in [2.24, 2.45) is 0 Å². The number of hydrogen-bond donors (Lipinski definition) is 0. The molecule has 0 saturated heterocycles. The Morgan fingerprint density at radius 3 is 2.52 bits per heavy atom. The van der Waals surface area contributed by atoms with Gasteiger partial charge >= 0.3 is 5.97 Å². The zero-order valence-electron chi connectivity index (χ0n) is 14.5. The second-order valence-electron chi connectivity index (χ2n) is 6.71. The van der Waals surface area contributed by atoms with E-state index in [1.54, 1.807) is 0 Å². The van der Waals surface area contributed by atoms with Crippen molar-refractivity contribution in [3.63, 3.8) is 0 Å². The Bertz CT molecular complexity index is 763. The van der Waals surface area contributed by atoms with Crippen LogP contribution in [-0.4, -0.2) is 17.9 Å². The van der Waals surface area contributed by atoms with Gasteiger partial charge in [0.25, 0.3) is 0 Å². The summed E-state index contributed by atoms with van der Waals surface area (Å²) in [5.74, 6) is -0.552. The molecule has 2 aromatic rings. The first-order chi connectivity index (χ1) is 11.7. The third-order valence-electron chi connectivity index (χ3n) is 3.20. The summed E-state index contributed by atoms with van der Waals surface area (Å²) in [5.41, 5.74) is 1.33. The van der Waals surface area contributed by atoms with Crippen molar-refractivity contribution >= 4 is 12.3 Å². The number of ether oxygens (including phenoxy) is 2. The molecule has 2 aromatic carbocycles. The minimum absolute atomic E-state index is 0.167. The summed E-state index contributed by atoms with van der Waals surface area (Å²) in [5, 5.41) is 0. The summed E-state index contributed by atoms with van der Waals surface area (Å²) in [7, 11) is 0. The Morgan fingerprint density at radius 1 is 1.12 bits per heavy atom. The predicted molar refractivity (Wildman–Crippen MR) is 92.1 cm³/mol. The van der Waals surface area contributed by atoms with Gasteiger partial charge in [-0.2, -0.15) is 0 Å². The molecular formula is C20H21FO4. The number of aldehydes is 1. The largest absolute Gasteiger partial charge is 0.489 e. The van der Waals surface area contributed by atoms with Gasteiger partial charge in [0.1, 0.15) is 30.1 Å². The fourth-order valence-corrected chi connectivity index (χ4v) is 2.28. The molecule has 5 heteroatoms. The van der Waals surface area contributed by atoms with E-state index in [1.807, 2.05) is 45.0 Å². The van der Waals surface area contributed by atoms with Crippen molar-refractivity contribution in [2.75, 3.05) is 0 Å². The molecule has 0 amide bonds. The van der Waals surface area contributed by atoms with E-state index >= 15 is 0 Å². The molecule has 0 radical (unpaired) electrons. The van der Waals surface area contributed by atoms with Crippen molar-refractivity contribution in [1.29, 1.82) is 0 Å². The molecule has 0 aliphatic carbocycles. The molecule has 4 nitrogen and oxygen atoms in total. The van der Waals surface area contributed by atoms with Crippen LogP contribution in [0, 0.1) is 5.82 Å². The van der Waals surface area contributed by atoms with Crippen LogP contribution in [0.3, 0.4) is 0 Å². The Balaban J connectivity index is 2.01. The fourth-order valence-electron chi connectivity index (χ4n) is 2.28. The van der Waals surface area contributed by atoms with Crippen LogP contribution in [0.25, 0.3) is 0 Å². The van der Waals surface area contributed by atoms with Crippen LogP contribution >= 0.6 is 0 Å². The van der Waals surface area contributed by atoms with Gasteiger partial charge in [-0.3, -0.25) is 9.59 Å². The maximum atomic E-state index is 13.4. The van der Waals surface area contributed by atoms with Crippen molar-refractivity contribution in [3.05, 3.63) is 65.0 Å². The minimum Gasteiger partial charge on any atom is -0.489 e. The van der Waals surface area contributed by atoms with E-state index in [0.29, 0.717) is 6.29 Å². The molecule has 0 bridgehead atoms. The van der Waals surface area contributed by atoms with Gasteiger partial charge < -0.3 is 9.47 Å². The quantitative estimate of drug-likeness (QED) is 0.585. The molecule has 2 rings (SSSR count). The number of halogens is 1. The number of benzene rings is 2. The normalized spacial score (nSPS) is 11.0. The summed E-state index contributed by atoms with van der Waals surface area (Å²) in [4.78, 5) is 22.7. The Kier molecular flexibility index (Phi) is 5.91. The van der Waals surface area contributed by atoms with Gasteiger partial charge in [-0.1, -0.05) is 24.3 Å². The number of hydrogen-bond acceptors (Lipinski definition) is 4. The van der Waals surface area contributed by atoms with Crippen LogP contribution < -0.4 is 4.74 Å². The highest BCUT2D eigenvalue weighted by Gasteiger charge is 2.16. The Morgan fingerprint density at radius 2 is 1.84 bits per heavy atom. The number of rotatable bonds is 6. The molecule has 0 aromatic heterocycles.